The Morgan fingerprint density at radius 1 is 1.00 bits per heavy atom. The van der Waals surface area contributed by atoms with Crippen molar-refractivity contribution in [2.75, 3.05) is 0 Å². The fourth-order valence-electron chi connectivity index (χ4n) is 3.24. The Bertz CT molecular complexity index is 1110. The molecule has 0 fully saturated rings. The maximum absolute atomic E-state index is 13.5. The topological polar surface area (TPSA) is 48.3 Å². The summed E-state index contributed by atoms with van der Waals surface area (Å²) in [5, 5.41) is 0.507. The van der Waals surface area contributed by atoms with Crippen LogP contribution in [0.4, 0.5) is 8.78 Å². The van der Waals surface area contributed by atoms with Gasteiger partial charge >= 0.3 is 5.97 Å². The zero-order valence-electron chi connectivity index (χ0n) is 16.7. The highest BCUT2D eigenvalue weighted by molar-refractivity contribution is 5.81. The molecule has 0 unspecified atom stereocenters. The minimum absolute atomic E-state index is 0.0504. The summed E-state index contributed by atoms with van der Waals surface area (Å²) in [6, 6.07) is 12.3. The van der Waals surface area contributed by atoms with Crippen molar-refractivity contribution in [3.05, 3.63) is 81.6 Å². The number of halogens is 2. The van der Waals surface area contributed by atoms with Crippen LogP contribution in [-0.4, -0.2) is 16.1 Å². The summed E-state index contributed by atoms with van der Waals surface area (Å²) in [4.78, 5) is 25.0. The van der Waals surface area contributed by atoms with Gasteiger partial charge < -0.3 is 9.30 Å². The van der Waals surface area contributed by atoms with Gasteiger partial charge in [-0.3, -0.25) is 9.59 Å². The lowest BCUT2D eigenvalue weighted by Gasteiger charge is -2.22. The van der Waals surface area contributed by atoms with Gasteiger partial charge in [-0.15, -0.1) is 0 Å². The number of esters is 1. The van der Waals surface area contributed by atoms with E-state index in [0.717, 1.165) is 12.1 Å². The predicted molar refractivity (Wildman–Crippen MR) is 108 cm³/mol. The number of carbonyl (C=O) groups excluding carboxylic acids is 1. The fraction of sp³-hybridized carbons (Fsp3) is 0.304. The normalized spacial score (nSPS) is 11.6. The number of fused-ring (bicyclic) bond motifs is 1. The molecule has 0 aliphatic heterocycles. The first-order valence-electron chi connectivity index (χ1n) is 9.41. The van der Waals surface area contributed by atoms with E-state index < -0.39 is 23.2 Å². The number of ether oxygens (including phenoxy) is 1. The number of nitrogens with zero attached hydrogens (tertiary/aromatic N) is 1. The minimum atomic E-state index is -0.910. The Hall–Kier alpha value is -3.02. The van der Waals surface area contributed by atoms with Gasteiger partial charge in [0.1, 0.15) is 12.1 Å². The summed E-state index contributed by atoms with van der Waals surface area (Å²) in [6.45, 7) is 5.32. The van der Waals surface area contributed by atoms with Gasteiger partial charge in [-0.2, -0.15) is 0 Å². The van der Waals surface area contributed by atoms with E-state index in [0.29, 0.717) is 35.0 Å². The summed E-state index contributed by atoms with van der Waals surface area (Å²) < 4.78 is 33.8. The number of aromatic nitrogens is 1. The number of aryl methyl sites for hydroxylation is 2. The molecule has 1 heterocycles. The van der Waals surface area contributed by atoms with E-state index in [1.165, 1.54) is 12.1 Å². The lowest BCUT2D eigenvalue weighted by Crippen LogP contribution is -2.28. The van der Waals surface area contributed by atoms with Gasteiger partial charge in [0.05, 0.1) is 5.52 Å². The average molecular weight is 399 g/mol. The molecule has 2 aromatic carbocycles. The lowest BCUT2D eigenvalue weighted by molar-refractivity contribution is -0.155. The van der Waals surface area contributed by atoms with Crippen molar-refractivity contribution in [1.82, 2.24) is 4.57 Å². The van der Waals surface area contributed by atoms with Gasteiger partial charge in [0, 0.05) is 17.1 Å². The molecule has 0 spiro atoms. The van der Waals surface area contributed by atoms with E-state index in [2.05, 4.69) is 0 Å². The fourth-order valence-corrected chi connectivity index (χ4v) is 3.24. The molecule has 152 valence electrons. The van der Waals surface area contributed by atoms with Crippen LogP contribution < -0.4 is 5.43 Å². The molecule has 0 N–H and O–H groups in total. The van der Waals surface area contributed by atoms with Crippen molar-refractivity contribution in [2.45, 2.75) is 45.8 Å². The van der Waals surface area contributed by atoms with E-state index in [1.54, 1.807) is 49.6 Å². The number of benzene rings is 2. The Balaban J connectivity index is 1.97. The Labute approximate surface area is 167 Å². The Kier molecular flexibility index (Phi) is 5.82. The van der Waals surface area contributed by atoms with Crippen molar-refractivity contribution in [3.63, 3.8) is 0 Å². The third-order valence-corrected chi connectivity index (χ3v) is 4.47. The van der Waals surface area contributed by atoms with Crippen LogP contribution >= 0.6 is 0 Å². The van der Waals surface area contributed by atoms with E-state index in [9.17, 15) is 18.4 Å². The molecule has 1 aromatic heterocycles. The summed E-state index contributed by atoms with van der Waals surface area (Å²) in [6.07, 6.45) is 0.775. The van der Waals surface area contributed by atoms with Crippen molar-refractivity contribution in [3.8, 4) is 0 Å². The third kappa shape index (κ3) is 5.08. The third-order valence-electron chi connectivity index (χ3n) is 4.47. The maximum atomic E-state index is 13.5. The molecule has 4 nitrogen and oxygen atoms in total. The second kappa shape index (κ2) is 8.15. The number of hydrogen-bond acceptors (Lipinski definition) is 3. The van der Waals surface area contributed by atoms with Crippen molar-refractivity contribution >= 4 is 16.9 Å². The second-order valence-corrected chi connectivity index (χ2v) is 7.94. The van der Waals surface area contributed by atoms with Gasteiger partial charge in [0.15, 0.2) is 17.1 Å². The van der Waals surface area contributed by atoms with Crippen LogP contribution in [0.2, 0.25) is 0 Å². The molecule has 0 aliphatic rings. The first-order valence-corrected chi connectivity index (χ1v) is 9.41. The number of para-hydroxylation sites is 1. The highest BCUT2D eigenvalue weighted by Gasteiger charge is 2.19. The standard InChI is InChI=1S/C23H23F2NO3/c1-23(2,3)29-22(28)14-26-16(10-8-15-9-11-18(24)19(25)12-15)13-21(27)17-6-4-5-7-20(17)26/h4-7,9,11-13H,8,10,14H2,1-3H3. The first kappa shape index (κ1) is 20.7. The first-order chi connectivity index (χ1) is 13.6. The van der Waals surface area contributed by atoms with E-state index in [4.69, 9.17) is 4.74 Å². The Morgan fingerprint density at radius 2 is 1.72 bits per heavy atom. The van der Waals surface area contributed by atoms with Gasteiger partial charge in [0.2, 0.25) is 0 Å². The largest absolute Gasteiger partial charge is 0.459 e. The number of carbonyl (C=O) groups is 1. The van der Waals surface area contributed by atoms with E-state index in [-0.39, 0.29) is 12.0 Å². The van der Waals surface area contributed by atoms with Crippen LogP contribution in [0.15, 0.2) is 53.3 Å². The van der Waals surface area contributed by atoms with Crippen LogP contribution in [0, 0.1) is 11.6 Å². The van der Waals surface area contributed by atoms with Crippen molar-refractivity contribution in [2.24, 2.45) is 0 Å². The van der Waals surface area contributed by atoms with Crippen molar-refractivity contribution in [1.29, 1.82) is 0 Å². The van der Waals surface area contributed by atoms with Crippen LogP contribution in [-0.2, 0) is 28.9 Å². The molecule has 3 aromatic rings. The van der Waals surface area contributed by atoms with Gasteiger partial charge in [-0.05, 0) is 63.4 Å². The highest BCUT2D eigenvalue weighted by atomic mass is 19.2. The molecule has 0 saturated carbocycles. The highest BCUT2D eigenvalue weighted by Crippen LogP contribution is 2.17. The van der Waals surface area contributed by atoms with Crippen LogP contribution in [0.25, 0.3) is 10.9 Å². The molecule has 29 heavy (non-hydrogen) atoms. The van der Waals surface area contributed by atoms with Crippen LogP contribution in [0.3, 0.4) is 0 Å². The molecule has 0 radical (unpaired) electrons. The second-order valence-electron chi connectivity index (χ2n) is 7.94. The monoisotopic (exact) mass is 399 g/mol. The summed E-state index contributed by atoms with van der Waals surface area (Å²) in [5.74, 6) is -2.23. The average Bonchev–Trinajstić information content (AvgIpc) is 2.64. The smallest absolute Gasteiger partial charge is 0.326 e. The van der Waals surface area contributed by atoms with Crippen molar-refractivity contribution < 1.29 is 18.3 Å². The molecule has 6 heteroatoms. The van der Waals surface area contributed by atoms with Gasteiger partial charge in [-0.25, -0.2) is 8.78 Å². The Morgan fingerprint density at radius 3 is 2.41 bits per heavy atom. The molecule has 0 atom stereocenters. The molecular formula is C23H23F2NO3. The summed E-state index contributed by atoms with van der Waals surface area (Å²) in [5.41, 5.74) is 1.09. The molecular weight excluding hydrogens is 376 g/mol. The van der Waals surface area contributed by atoms with Gasteiger partial charge in [0.25, 0.3) is 0 Å². The number of rotatable bonds is 5. The molecule has 0 amide bonds. The van der Waals surface area contributed by atoms with E-state index in [1.807, 2.05) is 0 Å². The number of pyridine rings is 1. The van der Waals surface area contributed by atoms with Gasteiger partial charge in [-0.1, -0.05) is 18.2 Å². The quantitative estimate of drug-likeness (QED) is 0.597. The number of hydrogen-bond donors (Lipinski definition) is 0. The zero-order valence-corrected chi connectivity index (χ0v) is 16.7. The maximum Gasteiger partial charge on any atom is 0.326 e. The predicted octanol–water partition coefficient (Wildman–Crippen LogP) is 4.41. The van der Waals surface area contributed by atoms with E-state index >= 15 is 0 Å². The molecule has 0 bridgehead atoms. The molecule has 3 rings (SSSR count). The van der Waals surface area contributed by atoms with Crippen LogP contribution in [0.5, 0.6) is 0 Å². The SMILES string of the molecule is CC(C)(C)OC(=O)Cn1c(CCc2ccc(F)c(F)c2)cc(=O)c2ccccc21. The molecule has 0 saturated heterocycles. The minimum Gasteiger partial charge on any atom is -0.459 e. The summed E-state index contributed by atoms with van der Waals surface area (Å²) in [7, 11) is 0. The lowest BCUT2D eigenvalue weighted by atomic mass is 10.1. The zero-order chi connectivity index (χ0) is 21.2. The molecule has 0 aliphatic carbocycles. The summed E-state index contributed by atoms with van der Waals surface area (Å²) >= 11 is 0. The van der Waals surface area contributed by atoms with Crippen LogP contribution in [0.1, 0.15) is 32.0 Å².